The Morgan fingerprint density at radius 1 is 0.926 bits per heavy atom. The maximum atomic E-state index is 12.0. The molecule has 153 valence electrons. The van der Waals surface area contributed by atoms with E-state index < -0.39 is 5.97 Å². The van der Waals surface area contributed by atoms with Gasteiger partial charge in [0.1, 0.15) is 6.10 Å². The minimum atomic E-state index is -0.622. The molecule has 4 fully saturated rings. The van der Waals surface area contributed by atoms with Crippen LogP contribution < -0.4 is 0 Å². The second-order valence-electron chi connectivity index (χ2n) is 7.78. The van der Waals surface area contributed by atoms with Gasteiger partial charge < -0.3 is 25.7 Å². The number of carboxylic acid groups (broad SMARTS) is 1. The Balaban J connectivity index is 0.000000224. The van der Waals surface area contributed by atoms with Crippen molar-refractivity contribution in [1.29, 1.82) is 0 Å². The van der Waals surface area contributed by atoms with E-state index in [9.17, 15) is 9.59 Å². The fraction of sp³-hybridized carbons (Fsp3) is 0.850. The van der Waals surface area contributed by atoms with Crippen LogP contribution in [0.25, 0.3) is 0 Å². The van der Waals surface area contributed by atoms with Crippen LogP contribution in [0, 0.1) is 18.3 Å². The summed E-state index contributed by atoms with van der Waals surface area (Å²) in [6, 6.07) is 0. The number of rotatable bonds is 3. The van der Waals surface area contributed by atoms with Crippen molar-refractivity contribution in [2.24, 2.45) is 11.8 Å². The van der Waals surface area contributed by atoms with Gasteiger partial charge in [0.2, 0.25) is 0 Å². The molecule has 0 bridgehead atoms. The van der Waals surface area contributed by atoms with E-state index in [0.29, 0.717) is 6.61 Å². The Morgan fingerprint density at radius 2 is 1.63 bits per heavy atom. The van der Waals surface area contributed by atoms with Crippen LogP contribution in [0.15, 0.2) is 0 Å². The molecule has 27 heavy (non-hydrogen) atoms. The van der Waals surface area contributed by atoms with Crippen molar-refractivity contribution >= 4 is 11.9 Å². The molecule has 0 spiro atoms. The largest absolute Gasteiger partial charge is 0.481 e. The third-order valence-electron chi connectivity index (χ3n) is 5.91. The van der Waals surface area contributed by atoms with E-state index in [1.807, 2.05) is 0 Å². The predicted octanol–water partition coefficient (Wildman–Crippen LogP) is 3.13. The van der Waals surface area contributed by atoms with Crippen LogP contribution in [-0.2, 0) is 42.4 Å². The molecule has 0 amide bonds. The molecule has 7 heteroatoms. The van der Waals surface area contributed by atoms with Crippen molar-refractivity contribution in [3.05, 3.63) is 6.42 Å². The third-order valence-corrected chi connectivity index (χ3v) is 5.91. The molecule has 2 saturated heterocycles. The molecule has 1 N–H and O–H groups in total. The van der Waals surface area contributed by atoms with Gasteiger partial charge in [0.05, 0.1) is 24.5 Å². The molecule has 1 radical (unpaired) electrons. The summed E-state index contributed by atoms with van der Waals surface area (Å²) in [6.07, 6.45) is 12.3. The molecule has 4 aliphatic rings. The minimum Gasteiger partial charge on any atom is -0.481 e. The van der Waals surface area contributed by atoms with Crippen LogP contribution in [0.5, 0.6) is 0 Å². The minimum absolute atomic E-state index is 0. The Hall–Kier alpha value is -0.556. The molecule has 0 aromatic carbocycles. The van der Waals surface area contributed by atoms with E-state index in [1.54, 1.807) is 0 Å². The van der Waals surface area contributed by atoms with Gasteiger partial charge >= 0.3 is 11.9 Å². The molecule has 0 aromatic heterocycles. The second-order valence-corrected chi connectivity index (χ2v) is 7.78. The molecule has 2 saturated carbocycles. The summed E-state index contributed by atoms with van der Waals surface area (Å²) in [7, 11) is 0. The van der Waals surface area contributed by atoms with Gasteiger partial charge in [-0.2, -0.15) is 12.8 Å². The van der Waals surface area contributed by atoms with Gasteiger partial charge in [-0.1, -0.05) is 32.1 Å². The van der Waals surface area contributed by atoms with Crippen LogP contribution in [0.2, 0.25) is 0 Å². The van der Waals surface area contributed by atoms with Crippen LogP contribution in [0.1, 0.15) is 64.2 Å². The first-order valence-electron chi connectivity index (χ1n) is 10.1. The van der Waals surface area contributed by atoms with E-state index in [2.05, 4.69) is 6.42 Å². The smallest absolute Gasteiger partial charge is 0.309 e. The van der Waals surface area contributed by atoms with E-state index in [1.165, 1.54) is 6.42 Å². The molecular weight excluding hydrogens is 387 g/mol. The maximum Gasteiger partial charge on any atom is 0.309 e. The van der Waals surface area contributed by atoms with E-state index >= 15 is 0 Å². The average molecular weight is 418 g/mol. The molecule has 0 aromatic rings. The molecule has 2 aliphatic heterocycles. The predicted molar refractivity (Wildman–Crippen MR) is 94.4 cm³/mol. The number of aliphatic carboxylic acids is 1. The molecule has 6 nitrogen and oxygen atoms in total. The number of esters is 1. The fourth-order valence-corrected chi connectivity index (χ4v) is 4.29. The fourth-order valence-electron chi connectivity index (χ4n) is 4.29. The van der Waals surface area contributed by atoms with Crippen molar-refractivity contribution in [3.63, 3.8) is 0 Å². The summed E-state index contributed by atoms with van der Waals surface area (Å²) >= 11 is 0. The molecule has 4 rings (SSSR count). The Kier molecular flexibility index (Phi) is 9.64. The van der Waals surface area contributed by atoms with Crippen molar-refractivity contribution in [3.8, 4) is 0 Å². The average Bonchev–Trinajstić information content (AvgIpc) is 3.29. The first kappa shape index (κ1) is 22.7. The first-order valence-corrected chi connectivity index (χ1v) is 10.1. The SMILES string of the molecule is O=C(O)C1CC[CH-]CC1.O=C(OC1CO[C@@H]2CCOC12)C1CCCCC1.[V]. The van der Waals surface area contributed by atoms with Gasteiger partial charge in [-0.3, -0.25) is 9.59 Å². The van der Waals surface area contributed by atoms with Crippen molar-refractivity contribution < 1.29 is 47.5 Å². The summed E-state index contributed by atoms with van der Waals surface area (Å²) in [5.41, 5.74) is 0. The van der Waals surface area contributed by atoms with Crippen LogP contribution in [-0.4, -0.2) is 48.6 Å². The molecular formula is C20H31O6V-. The van der Waals surface area contributed by atoms with Gasteiger partial charge in [-0.25, -0.2) is 0 Å². The van der Waals surface area contributed by atoms with Gasteiger partial charge in [0, 0.05) is 25.2 Å². The van der Waals surface area contributed by atoms with Crippen LogP contribution >= 0.6 is 0 Å². The number of hydrogen-bond donors (Lipinski definition) is 1. The zero-order chi connectivity index (χ0) is 18.4. The molecule has 3 atom stereocenters. The summed E-state index contributed by atoms with van der Waals surface area (Å²) < 4.78 is 16.7. The summed E-state index contributed by atoms with van der Waals surface area (Å²) in [6.45, 7) is 1.24. The van der Waals surface area contributed by atoms with Crippen molar-refractivity contribution in [2.45, 2.75) is 82.5 Å². The standard InChI is InChI=1S/C13H20O4.C7H11O2.V/c14-13(9-4-2-1-3-5-9)17-11-8-16-10-6-7-15-12(10)11;8-7(9)6-4-2-1-3-5-6;/h9-12H,1-8H2;1,6H,2-5H2,(H,8,9);/q;-1;/t10-,11?,12?;;/m1../s1. The summed E-state index contributed by atoms with van der Waals surface area (Å²) in [4.78, 5) is 22.3. The molecule has 2 heterocycles. The topological polar surface area (TPSA) is 82.1 Å². The molecule has 2 aliphatic carbocycles. The maximum absolute atomic E-state index is 12.0. The Labute approximate surface area is 173 Å². The number of carbonyl (C=O) groups excluding carboxylic acids is 1. The van der Waals surface area contributed by atoms with E-state index in [4.69, 9.17) is 19.3 Å². The first-order chi connectivity index (χ1) is 12.6. The zero-order valence-electron chi connectivity index (χ0n) is 15.9. The zero-order valence-corrected chi connectivity index (χ0v) is 17.3. The summed E-state index contributed by atoms with van der Waals surface area (Å²) in [5, 5.41) is 8.52. The number of hydrogen-bond acceptors (Lipinski definition) is 5. The normalized spacial score (nSPS) is 31.2. The third kappa shape index (κ3) is 6.48. The summed E-state index contributed by atoms with van der Waals surface area (Å²) in [5.74, 6) is -0.600. The number of carbonyl (C=O) groups is 2. The Bertz CT molecular complexity index is 473. The van der Waals surface area contributed by atoms with E-state index in [-0.39, 0.29) is 54.7 Å². The van der Waals surface area contributed by atoms with Crippen LogP contribution in [0.4, 0.5) is 0 Å². The number of fused-ring (bicyclic) bond motifs is 1. The van der Waals surface area contributed by atoms with Crippen molar-refractivity contribution in [2.75, 3.05) is 13.2 Å². The quantitative estimate of drug-likeness (QED) is 0.560. The van der Waals surface area contributed by atoms with Gasteiger partial charge in [-0.15, -0.1) is 0 Å². The molecule has 2 unspecified atom stereocenters. The second kappa shape index (κ2) is 11.4. The Morgan fingerprint density at radius 3 is 2.26 bits per heavy atom. The van der Waals surface area contributed by atoms with Gasteiger partial charge in [0.15, 0.2) is 6.10 Å². The van der Waals surface area contributed by atoms with Crippen molar-refractivity contribution in [1.82, 2.24) is 0 Å². The van der Waals surface area contributed by atoms with Gasteiger partial charge in [-0.05, 0) is 19.3 Å². The van der Waals surface area contributed by atoms with Crippen LogP contribution in [0.3, 0.4) is 0 Å². The number of ether oxygens (including phenoxy) is 3. The monoisotopic (exact) mass is 418 g/mol. The number of carboxylic acids is 1. The van der Waals surface area contributed by atoms with Gasteiger partial charge in [0.25, 0.3) is 0 Å². The van der Waals surface area contributed by atoms with E-state index in [0.717, 1.165) is 64.4 Å².